The fourth-order valence-corrected chi connectivity index (χ4v) is 5.71. The number of rotatable bonds is 6. The van der Waals surface area contributed by atoms with Gasteiger partial charge in [0, 0.05) is 18.0 Å². The summed E-state index contributed by atoms with van der Waals surface area (Å²) in [5, 5.41) is 10.2. The van der Waals surface area contributed by atoms with Crippen molar-refractivity contribution in [3.8, 4) is 17.2 Å². The molecule has 5 aromatic carbocycles. The number of hydrogen-bond acceptors (Lipinski definition) is 4. The van der Waals surface area contributed by atoms with Gasteiger partial charge in [0.25, 0.3) is 0 Å². The van der Waals surface area contributed by atoms with Crippen molar-refractivity contribution < 1.29 is 19.0 Å². The molecule has 1 N–H and O–H groups in total. The molecule has 298 valence electrons. The second-order valence-electron chi connectivity index (χ2n) is 15.6. The van der Waals surface area contributed by atoms with E-state index in [-0.39, 0.29) is 5.82 Å². The first-order valence-corrected chi connectivity index (χ1v) is 20.0. The highest BCUT2D eigenvalue weighted by atomic mass is 19.1. The Morgan fingerprint density at radius 2 is 1.04 bits per heavy atom. The van der Waals surface area contributed by atoms with Gasteiger partial charge in [0.15, 0.2) is 0 Å². The van der Waals surface area contributed by atoms with Gasteiger partial charge in [0.1, 0.15) is 23.1 Å². The van der Waals surface area contributed by atoms with Crippen molar-refractivity contribution in [3.63, 3.8) is 0 Å². The molecule has 0 unspecified atom stereocenters. The fraction of sp³-hybridized carbons (Fsp3) is 0.353. The third-order valence-corrected chi connectivity index (χ3v) is 9.55. The van der Waals surface area contributed by atoms with Gasteiger partial charge < -0.3 is 14.6 Å². The summed E-state index contributed by atoms with van der Waals surface area (Å²) in [5.74, 6) is 5.02. The van der Waals surface area contributed by atoms with E-state index in [4.69, 9.17) is 14.6 Å². The van der Waals surface area contributed by atoms with Crippen LogP contribution in [-0.2, 0) is 6.42 Å². The van der Waals surface area contributed by atoms with Gasteiger partial charge in [-0.05, 0) is 124 Å². The molecule has 0 saturated carbocycles. The molecule has 0 radical (unpaired) electrons. The zero-order chi connectivity index (χ0) is 41.2. The number of phenols is 1. The van der Waals surface area contributed by atoms with Crippen molar-refractivity contribution in [1.82, 2.24) is 4.98 Å². The van der Waals surface area contributed by atoms with Gasteiger partial charge in [-0.25, -0.2) is 4.39 Å². The van der Waals surface area contributed by atoms with E-state index in [1.807, 2.05) is 48.7 Å². The number of aromatic hydroxyl groups is 1. The Kier molecular flexibility index (Phi) is 18.6. The largest absolute Gasteiger partial charge is 0.508 e. The molecule has 56 heavy (non-hydrogen) atoms. The molecule has 0 atom stereocenters. The van der Waals surface area contributed by atoms with Crippen molar-refractivity contribution >= 4 is 10.9 Å². The van der Waals surface area contributed by atoms with Crippen LogP contribution in [0.25, 0.3) is 10.9 Å². The number of hydrogen-bond donors (Lipinski definition) is 1. The highest BCUT2D eigenvalue weighted by Crippen LogP contribution is 2.28. The van der Waals surface area contributed by atoms with E-state index < -0.39 is 0 Å². The number of fused-ring (bicyclic) bond motifs is 2. The summed E-state index contributed by atoms with van der Waals surface area (Å²) >= 11 is 0. The third kappa shape index (κ3) is 15.2. The molecule has 0 fully saturated rings. The van der Waals surface area contributed by atoms with Crippen molar-refractivity contribution in [2.75, 3.05) is 13.7 Å². The molecule has 7 rings (SSSR count). The minimum atomic E-state index is -0.163. The van der Waals surface area contributed by atoms with Crippen LogP contribution in [0.2, 0.25) is 0 Å². The molecule has 5 heteroatoms. The smallest absolute Gasteiger partial charge is 0.123 e. The number of pyridine rings is 1. The van der Waals surface area contributed by atoms with Gasteiger partial charge in [0.2, 0.25) is 0 Å². The number of nitrogens with zero attached hydrogens (tertiary/aromatic N) is 1. The fourth-order valence-electron chi connectivity index (χ4n) is 5.71. The number of aromatic nitrogens is 1. The van der Waals surface area contributed by atoms with E-state index >= 15 is 0 Å². The number of methoxy groups -OCH3 is 1. The molecule has 0 spiro atoms. The second-order valence-corrected chi connectivity index (χ2v) is 15.6. The SMILES string of the molecule is CC(C)c1ccc(F)cc1.CC(C)c1ccc(O)cc1.CC(C)c1ccc2c(c1)CCO2.CC(C)c1ccc2ncccc2c1.COc1ccc(C(C)C)cc1. The molecule has 1 aromatic heterocycles. The maximum Gasteiger partial charge on any atom is 0.123 e. The second kappa shape index (κ2) is 23.0. The number of ether oxygens (including phenoxy) is 2. The summed E-state index contributed by atoms with van der Waals surface area (Å²) in [5.41, 5.74) is 9.04. The standard InChI is InChI=1S/C12H13N.C11H14O.C10H14O.C9H11F.C9H12O/c1-9(2)10-5-6-12-11(8-10)4-3-7-13-12;1-8(2)9-3-4-11-10(7-9)5-6-12-11;1-8(2)9-4-6-10(11-3)7-5-9;2*1-7(2)8-3-5-9(10)6-4-8/h3-9H,1-2H3;3-4,7-8H,5-6H2,1-2H3;4-8H,1-3H3;3-7H,1-2H3;3-7,10H,1-2H3. The zero-order valence-electron chi connectivity index (χ0n) is 35.5. The lowest BCUT2D eigenvalue weighted by molar-refractivity contribution is 0.357. The first kappa shape index (κ1) is 45.2. The van der Waals surface area contributed by atoms with Crippen molar-refractivity contribution in [1.29, 1.82) is 0 Å². The van der Waals surface area contributed by atoms with Crippen LogP contribution in [0.5, 0.6) is 17.2 Å². The quantitative estimate of drug-likeness (QED) is 0.184. The molecular formula is C51H64FNO3. The lowest BCUT2D eigenvalue weighted by Gasteiger charge is -2.06. The van der Waals surface area contributed by atoms with E-state index in [1.54, 1.807) is 19.2 Å². The Morgan fingerprint density at radius 1 is 0.571 bits per heavy atom. The van der Waals surface area contributed by atoms with Gasteiger partial charge in [-0.2, -0.15) is 0 Å². The highest BCUT2D eigenvalue weighted by Gasteiger charge is 2.12. The molecule has 1 aliphatic heterocycles. The van der Waals surface area contributed by atoms with Crippen LogP contribution < -0.4 is 9.47 Å². The first-order chi connectivity index (χ1) is 26.7. The zero-order valence-corrected chi connectivity index (χ0v) is 35.5. The molecule has 0 saturated heterocycles. The van der Waals surface area contributed by atoms with Gasteiger partial charge in [-0.3, -0.25) is 4.98 Å². The maximum absolute atomic E-state index is 12.4. The van der Waals surface area contributed by atoms with Gasteiger partial charge >= 0.3 is 0 Å². The van der Waals surface area contributed by atoms with Crippen molar-refractivity contribution in [2.45, 2.75) is 105 Å². The summed E-state index contributed by atoms with van der Waals surface area (Å²) in [4.78, 5) is 4.28. The number of halogens is 1. The van der Waals surface area contributed by atoms with E-state index in [0.29, 0.717) is 35.3 Å². The van der Waals surface area contributed by atoms with Crippen LogP contribution in [0.4, 0.5) is 4.39 Å². The van der Waals surface area contributed by atoms with Crippen LogP contribution >= 0.6 is 0 Å². The monoisotopic (exact) mass is 757 g/mol. The van der Waals surface area contributed by atoms with E-state index in [1.165, 1.54) is 50.9 Å². The third-order valence-electron chi connectivity index (χ3n) is 9.55. The Hall–Kier alpha value is -5.16. The molecule has 2 heterocycles. The lowest BCUT2D eigenvalue weighted by atomic mass is 10.00. The molecule has 6 aromatic rings. The predicted molar refractivity (Wildman–Crippen MR) is 235 cm³/mol. The van der Waals surface area contributed by atoms with Crippen LogP contribution in [0.15, 0.2) is 128 Å². The summed E-state index contributed by atoms with van der Waals surface area (Å²) in [7, 11) is 1.68. The summed E-state index contributed by atoms with van der Waals surface area (Å²) in [6, 6.07) is 39.2. The minimum Gasteiger partial charge on any atom is -0.508 e. The minimum absolute atomic E-state index is 0.163. The van der Waals surface area contributed by atoms with Crippen LogP contribution in [0, 0.1) is 5.82 Å². The number of benzene rings is 5. The molecule has 0 amide bonds. The summed E-state index contributed by atoms with van der Waals surface area (Å²) in [6.07, 6.45) is 2.91. The molecular weight excluding hydrogens is 694 g/mol. The molecule has 0 aliphatic carbocycles. The van der Waals surface area contributed by atoms with Gasteiger partial charge in [-0.1, -0.05) is 130 Å². The van der Waals surface area contributed by atoms with E-state index in [2.05, 4.69) is 129 Å². The Labute approximate surface area is 336 Å². The van der Waals surface area contributed by atoms with Crippen molar-refractivity contribution in [2.24, 2.45) is 0 Å². The Morgan fingerprint density at radius 3 is 1.55 bits per heavy atom. The van der Waals surface area contributed by atoms with Crippen LogP contribution in [0.3, 0.4) is 0 Å². The molecule has 0 bridgehead atoms. The van der Waals surface area contributed by atoms with Crippen molar-refractivity contribution in [3.05, 3.63) is 167 Å². The summed E-state index contributed by atoms with van der Waals surface area (Å²) < 4.78 is 22.8. The van der Waals surface area contributed by atoms with Crippen LogP contribution in [-0.4, -0.2) is 23.8 Å². The topological polar surface area (TPSA) is 51.6 Å². The molecule has 4 nitrogen and oxygen atoms in total. The molecule has 1 aliphatic rings. The first-order valence-electron chi connectivity index (χ1n) is 20.0. The van der Waals surface area contributed by atoms with Gasteiger partial charge in [-0.15, -0.1) is 0 Å². The average Bonchev–Trinajstić information content (AvgIpc) is 3.67. The van der Waals surface area contributed by atoms with Gasteiger partial charge in [0.05, 0.1) is 19.2 Å². The average molecular weight is 758 g/mol. The summed E-state index contributed by atoms with van der Waals surface area (Å²) in [6.45, 7) is 22.5. The van der Waals surface area contributed by atoms with E-state index in [0.717, 1.165) is 30.0 Å². The normalized spacial score (nSPS) is 11.4. The van der Waals surface area contributed by atoms with E-state index in [9.17, 15) is 4.39 Å². The van der Waals surface area contributed by atoms with Crippen LogP contribution in [0.1, 0.15) is 132 Å². The highest BCUT2D eigenvalue weighted by molar-refractivity contribution is 5.79. The Bertz CT molecular complexity index is 1950. The predicted octanol–water partition coefficient (Wildman–Crippen LogP) is 14.4. The maximum atomic E-state index is 12.4. The lowest BCUT2D eigenvalue weighted by Crippen LogP contribution is -1.87. The Balaban J connectivity index is 0.000000189. The number of phenolic OH excluding ortho intramolecular Hbond substituents is 1.